The lowest BCUT2D eigenvalue weighted by atomic mass is 10.1. The number of alkyl halides is 3. The molecule has 0 saturated carbocycles. The van der Waals surface area contributed by atoms with Crippen LogP contribution >= 0.6 is 0 Å². The second-order valence-electron chi connectivity index (χ2n) is 5.96. The molecule has 0 spiro atoms. The van der Waals surface area contributed by atoms with E-state index in [4.69, 9.17) is 4.42 Å². The second-order valence-corrected chi connectivity index (χ2v) is 5.96. The molecule has 0 aliphatic rings. The molecule has 0 unspecified atom stereocenters. The van der Waals surface area contributed by atoms with Crippen LogP contribution in [0, 0.1) is 0 Å². The van der Waals surface area contributed by atoms with Gasteiger partial charge in [-0.1, -0.05) is 43.7 Å². The Balaban J connectivity index is 1.90. The van der Waals surface area contributed by atoms with Crippen LogP contribution in [0.15, 0.2) is 59.0 Å². The number of anilines is 1. The summed E-state index contributed by atoms with van der Waals surface area (Å²) in [5.74, 6) is -2.65. The van der Waals surface area contributed by atoms with E-state index in [-0.39, 0.29) is 5.89 Å². The summed E-state index contributed by atoms with van der Waals surface area (Å²) in [7, 11) is 0. The van der Waals surface area contributed by atoms with Crippen LogP contribution in [0.25, 0.3) is 11.5 Å². The standard InChI is InChI=1S/C20H17F3N2O2/c1-2-6-13-9-11-15(12-10-13)24-18(26)16-17(20(21,22)23)27-19(25-16)14-7-4-3-5-8-14/h3-5,7-12H,2,6H2,1H3,(H,24,26). The van der Waals surface area contributed by atoms with Crippen LogP contribution in [-0.4, -0.2) is 10.9 Å². The zero-order chi connectivity index (χ0) is 19.4. The number of amides is 1. The molecule has 0 fully saturated rings. The van der Waals surface area contributed by atoms with Crippen molar-refractivity contribution < 1.29 is 22.4 Å². The van der Waals surface area contributed by atoms with Gasteiger partial charge in [-0.25, -0.2) is 4.98 Å². The molecule has 1 amide bonds. The molecule has 1 heterocycles. The van der Waals surface area contributed by atoms with Crippen molar-refractivity contribution in [1.82, 2.24) is 4.98 Å². The van der Waals surface area contributed by atoms with Gasteiger partial charge in [0.25, 0.3) is 5.91 Å². The molecule has 3 rings (SSSR count). The maximum absolute atomic E-state index is 13.3. The number of hydrogen-bond acceptors (Lipinski definition) is 3. The van der Waals surface area contributed by atoms with Gasteiger partial charge < -0.3 is 9.73 Å². The predicted molar refractivity (Wildman–Crippen MR) is 95.3 cm³/mol. The number of nitrogens with one attached hydrogen (secondary N) is 1. The molecule has 0 atom stereocenters. The molecule has 27 heavy (non-hydrogen) atoms. The fraction of sp³-hybridized carbons (Fsp3) is 0.200. The Hall–Kier alpha value is -3.09. The summed E-state index contributed by atoms with van der Waals surface area (Å²) < 4.78 is 44.8. The summed E-state index contributed by atoms with van der Waals surface area (Å²) in [4.78, 5) is 16.2. The van der Waals surface area contributed by atoms with Crippen LogP contribution in [0.2, 0.25) is 0 Å². The molecule has 140 valence electrons. The Morgan fingerprint density at radius 3 is 2.33 bits per heavy atom. The van der Waals surface area contributed by atoms with E-state index in [0.29, 0.717) is 11.3 Å². The minimum absolute atomic E-state index is 0.258. The zero-order valence-corrected chi connectivity index (χ0v) is 14.5. The quantitative estimate of drug-likeness (QED) is 0.636. The summed E-state index contributed by atoms with van der Waals surface area (Å²) in [5, 5.41) is 2.44. The smallest absolute Gasteiger partial charge is 0.431 e. The number of nitrogens with zero attached hydrogens (tertiary/aromatic N) is 1. The lowest BCUT2D eigenvalue weighted by Gasteiger charge is -2.07. The van der Waals surface area contributed by atoms with E-state index in [0.717, 1.165) is 18.4 Å². The fourth-order valence-electron chi connectivity index (χ4n) is 2.60. The van der Waals surface area contributed by atoms with Gasteiger partial charge in [0, 0.05) is 11.3 Å². The van der Waals surface area contributed by atoms with Crippen molar-refractivity contribution in [2.45, 2.75) is 25.9 Å². The minimum Gasteiger partial charge on any atom is -0.431 e. The van der Waals surface area contributed by atoms with Crippen molar-refractivity contribution >= 4 is 11.6 Å². The van der Waals surface area contributed by atoms with Crippen LogP contribution in [0.4, 0.5) is 18.9 Å². The fourth-order valence-corrected chi connectivity index (χ4v) is 2.60. The SMILES string of the molecule is CCCc1ccc(NC(=O)c2nc(-c3ccccc3)oc2C(F)(F)F)cc1. The van der Waals surface area contributed by atoms with Gasteiger partial charge in [0.2, 0.25) is 11.7 Å². The van der Waals surface area contributed by atoms with E-state index < -0.39 is 23.5 Å². The van der Waals surface area contributed by atoms with Crippen molar-refractivity contribution in [1.29, 1.82) is 0 Å². The van der Waals surface area contributed by atoms with Crippen molar-refractivity contribution in [2.24, 2.45) is 0 Å². The summed E-state index contributed by atoms with van der Waals surface area (Å²) in [6.45, 7) is 2.04. The molecular formula is C20H17F3N2O2. The average molecular weight is 374 g/mol. The Morgan fingerprint density at radius 1 is 1.07 bits per heavy atom. The maximum Gasteiger partial charge on any atom is 0.452 e. The Bertz CT molecular complexity index is 917. The highest BCUT2D eigenvalue weighted by Crippen LogP contribution is 2.35. The van der Waals surface area contributed by atoms with E-state index in [1.165, 1.54) is 0 Å². The molecule has 0 aliphatic heterocycles. The lowest BCUT2D eigenvalue weighted by molar-refractivity contribution is -0.153. The Labute approximate surface area is 154 Å². The first-order valence-corrected chi connectivity index (χ1v) is 8.42. The number of rotatable bonds is 5. The van der Waals surface area contributed by atoms with Gasteiger partial charge in [-0.3, -0.25) is 4.79 Å². The number of halogens is 3. The van der Waals surface area contributed by atoms with Crippen molar-refractivity contribution in [3.63, 3.8) is 0 Å². The first kappa shape index (κ1) is 18.7. The normalized spacial score (nSPS) is 11.4. The molecule has 1 N–H and O–H groups in total. The number of carbonyl (C=O) groups excluding carboxylic acids is 1. The van der Waals surface area contributed by atoms with Gasteiger partial charge in [-0.15, -0.1) is 0 Å². The maximum atomic E-state index is 13.3. The van der Waals surface area contributed by atoms with Crippen molar-refractivity contribution in [3.8, 4) is 11.5 Å². The number of benzene rings is 2. The summed E-state index contributed by atoms with van der Waals surface area (Å²) in [6.07, 6.45) is -2.98. The summed E-state index contributed by atoms with van der Waals surface area (Å²) >= 11 is 0. The summed E-state index contributed by atoms with van der Waals surface area (Å²) in [5.41, 5.74) is 1.03. The third-order valence-corrected chi connectivity index (χ3v) is 3.87. The monoisotopic (exact) mass is 374 g/mol. The molecular weight excluding hydrogens is 357 g/mol. The molecule has 7 heteroatoms. The lowest BCUT2D eigenvalue weighted by Crippen LogP contribution is -2.18. The zero-order valence-electron chi connectivity index (χ0n) is 14.5. The van der Waals surface area contributed by atoms with Gasteiger partial charge in [0.15, 0.2) is 5.69 Å². The third-order valence-electron chi connectivity index (χ3n) is 3.87. The largest absolute Gasteiger partial charge is 0.452 e. The van der Waals surface area contributed by atoms with Crippen molar-refractivity contribution in [3.05, 3.63) is 71.6 Å². The number of oxazole rings is 1. The van der Waals surface area contributed by atoms with Gasteiger partial charge >= 0.3 is 6.18 Å². The number of aromatic nitrogens is 1. The third kappa shape index (κ3) is 4.36. The summed E-state index contributed by atoms with van der Waals surface area (Å²) in [6, 6.07) is 15.1. The molecule has 0 bridgehead atoms. The predicted octanol–water partition coefficient (Wildman–Crippen LogP) is 5.57. The van der Waals surface area contributed by atoms with E-state index in [1.54, 1.807) is 42.5 Å². The molecule has 0 radical (unpaired) electrons. The van der Waals surface area contributed by atoms with Crippen LogP contribution in [0.1, 0.15) is 35.2 Å². The number of aryl methyl sites for hydroxylation is 1. The molecule has 0 saturated heterocycles. The molecule has 0 aliphatic carbocycles. The van der Waals surface area contributed by atoms with Gasteiger partial charge in [0.05, 0.1) is 0 Å². The molecule has 3 aromatic rings. The highest BCUT2D eigenvalue weighted by atomic mass is 19.4. The molecule has 1 aromatic heterocycles. The Kier molecular flexibility index (Phi) is 5.30. The van der Waals surface area contributed by atoms with Gasteiger partial charge in [-0.2, -0.15) is 13.2 Å². The minimum atomic E-state index is -4.84. The van der Waals surface area contributed by atoms with E-state index in [9.17, 15) is 18.0 Å². The molecule has 4 nitrogen and oxygen atoms in total. The Morgan fingerprint density at radius 2 is 1.74 bits per heavy atom. The van der Waals surface area contributed by atoms with E-state index in [1.807, 2.05) is 19.1 Å². The number of carbonyl (C=O) groups is 1. The first-order valence-electron chi connectivity index (χ1n) is 8.42. The molecule has 2 aromatic carbocycles. The van der Waals surface area contributed by atoms with Crippen molar-refractivity contribution in [2.75, 3.05) is 5.32 Å². The second kappa shape index (κ2) is 7.65. The van der Waals surface area contributed by atoms with Gasteiger partial charge in [-0.05, 0) is 36.2 Å². The highest BCUT2D eigenvalue weighted by molar-refractivity contribution is 6.04. The van der Waals surface area contributed by atoms with Crippen LogP contribution in [-0.2, 0) is 12.6 Å². The van der Waals surface area contributed by atoms with Crippen LogP contribution in [0.3, 0.4) is 0 Å². The van der Waals surface area contributed by atoms with Gasteiger partial charge in [0.1, 0.15) is 0 Å². The van der Waals surface area contributed by atoms with E-state index >= 15 is 0 Å². The van der Waals surface area contributed by atoms with E-state index in [2.05, 4.69) is 10.3 Å². The number of hydrogen-bond donors (Lipinski definition) is 1. The first-order chi connectivity index (χ1) is 12.9. The average Bonchev–Trinajstić information content (AvgIpc) is 3.10. The van der Waals surface area contributed by atoms with Crippen LogP contribution < -0.4 is 5.32 Å². The topological polar surface area (TPSA) is 55.1 Å². The highest BCUT2D eigenvalue weighted by Gasteiger charge is 2.42. The van der Waals surface area contributed by atoms with Crippen LogP contribution in [0.5, 0.6) is 0 Å².